The van der Waals surface area contributed by atoms with Crippen molar-refractivity contribution in [3.8, 4) is 28.8 Å². The number of nitrogens with two attached hydrogens (primary N) is 1. The van der Waals surface area contributed by atoms with E-state index in [2.05, 4.69) is 21.4 Å². The number of nitrogens with zero attached hydrogens (tertiary/aromatic N) is 6. The van der Waals surface area contributed by atoms with Gasteiger partial charge in [0, 0.05) is 24.7 Å². The lowest BCUT2D eigenvalue weighted by molar-refractivity contribution is -0.128. The van der Waals surface area contributed by atoms with Crippen molar-refractivity contribution in [1.82, 2.24) is 30.0 Å². The number of amides is 1. The number of aromatic nitrogens is 4. The summed E-state index contributed by atoms with van der Waals surface area (Å²) in [6, 6.07) is 9.11. The predicted molar refractivity (Wildman–Crippen MR) is 156 cm³/mol. The van der Waals surface area contributed by atoms with E-state index in [0.717, 1.165) is 38.1 Å². The van der Waals surface area contributed by atoms with Crippen molar-refractivity contribution in [2.45, 2.75) is 31.7 Å². The van der Waals surface area contributed by atoms with Gasteiger partial charge in [0.15, 0.2) is 17.2 Å². The average Bonchev–Trinajstić information content (AvgIpc) is 3.43. The van der Waals surface area contributed by atoms with Crippen LogP contribution >= 0.6 is 0 Å². The molecule has 44 heavy (non-hydrogen) atoms. The van der Waals surface area contributed by atoms with Gasteiger partial charge in [-0.25, -0.2) is 23.4 Å². The topological polar surface area (TPSA) is 135 Å². The number of carbonyl (C=O) groups is 1. The fraction of sp³-hybridized carbons (Fsp3) is 0.323. The molecule has 3 N–H and O–H groups in total. The second kappa shape index (κ2) is 12.3. The van der Waals surface area contributed by atoms with E-state index >= 15 is 4.39 Å². The average molecular weight is 603 g/mol. The number of nitriles is 1. The maximum Gasteiger partial charge on any atom is 0.264 e. The Labute approximate surface area is 250 Å². The summed E-state index contributed by atoms with van der Waals surface area (Å²) in [5, 5.41) is 18.1. The van der Waals surface area contributed by atoms with Crippen molar-refractivity contribution in [2.24, 2.45) is 5.92 Å². The minimum Gasteiger partial charge on any atom is -0.454 e. The van der Waals surface area contributed by atoms with Crippen LogP contribution in [0.5, 0.6) is 11.5 Å². The van der Waals surface area contributed by atoms with E-state index in [-0.39, 0.29) is 58.6 Å². The van der Waals surface area contributed by atoms with Crippen molar-refractivity contribution >= 4 is 22.8 Å². The van der Waals surface area contributed by atoms with Crippen molar-refractivity contribution in [3.05, 3.63) is 71.8 Å². The quantitative estimate of drug-likeness (QED) is 0.235. The van der Waals surface area contributed by atoms with Crippen LogP contribution in [-0.4, -0.2) is 56.7 Å². The third-order valence-corrected chi connectivity index (χ3v) is 8.02. The molecule has 0 bridgehead atoms. The summed E-state index contributed by atoms with van der Waals surface area (Å²) >= 11 is 0. The van der Waals surface area contributed by atoms with Gasteiger partial charge in [-0.05, 0) is 69.0 Å². The van der Waals surface area contributed by atoms with Gasteiger partial charge in [-0.2, -0.15) is 14.8 Å². The number of piperidine rings is 2. The molecule has 2 aliphatic rings. The molecule has 1 atom stereocenters. The van der Waals surface area contributed by atoms with Gasteiger partial charge < -0.3 is 20.7 Å². The number of nitrogen functional groups attached to an aromatic ring is 1. The first-order valence-electron chi connectivity index (χ1n) is 14.4. The van der Waals surface area contributed by atoms with E-state index in [1.54, 1.807) is 15.7 Å². The monoisotopic (exact) mass is 602 g/mol. The summed E-state index contributed by atoms with van der Waals surface area (Å²) in [5.74, 6) is -3.49. The zero-order chi connectivity index (χ0) is 30.8. The number of hydrogen-bond donors (Lipinski definition) is 2. The van der Waals surface area contributed by atoms with Gasteiger partial charge in [-0.15, -0.1) is 0 Å². The first kappa shape index (κ1) is 29.1. The van der Waals surface area contributed by atoms with Crippen LogP contribution in [0.4, 0.5) is 19.0 Å². The summed E-state index contributed by atoms with van der Waals surface area (Å²) in [5.41, 5.74) is 7.00. The summed E-state index contributed by atoms with van der Waals surface area (Å²) < 4.78 is 50.3. The van der Waals surface area contributed by atoms with Crippen LogP contribution in [0.15, 0.2) is 54.4 Å². The highest BCUT2D eigenvalue weighted by molar-refractivity contribution is 5.99. The molecule has 2 aliphatic heterocycles. The van der Waals surface area contributed by atoms with Crippen molar-refractivity contribution < 1.29 is 22.7 Å². The Morgan fingerprint density at radius 1 is 1.11 bits per heavy atom. The third-order valence-electron chi connectivity index (χ3n) is 8.02. The first-order chi connectivity index (χ1) is 21.3. The lowest BCUT2D eigenvalue weighted by Crippen LogP contribution is -2.41. The molecule has 2 aromatic heterocycles. The predicted octanol–water partition coefficient (Wildman–Crippen LogP) is 4.90. The minimum atomic E-state index is -1.18. The minimum absolute atomic E-state index is 0.0454. The molecule has 0 aliphatic carbocycles. The first-order valence-corrected chi connectivity index (χ1v) is 14.4. The molecule has 4 aromatic rings. The highest BCUT2D eigenvalue weighted by Gasteiger charge is 2.31. The number of carbonyl (C=O) groups excluding carboxylic acids is 1. The molecular formula is C31H29F3N8O2. The molecule has 226 valence electrons. The van der Waals surface area contributed by atoms with Gasteiger partial charge in [-0.1, -0.05) is 12.1 Å². The number of hydrogen-bond acceptors (Lipinski definition) is 8. The van der Waals surface area contributed by atoms with Gasteiger partial charge in [0.25, 0.3) is 5.91 Å². The Hall–Kier alpha value is -4.96. The van der Waals surface area contributed by atoms with E-state index in [0.29, 0.717) is 30.4 Å². The van der Waals surface area contributed by atoms with E-state index < -0.39 is 17.5 Å². The van der Waals surface area contributed by atoms with Crippen molar-refractivity contribution in [3.63, 3.8) is 0 Å². The summed E-state index contributed by atoms with van der Waals surface area (Å²) in [7, 11) is 0. The number of nitrogens with one attached hydrogen (secondary N) is 1. The Bertz CT molecular complexity index is 1790. The van der Waals surface area contributed by atoms with Crippen LogP contribution in [0.3, 0.4) is 0 Å². The SMILES string of the molecule is N#C/C(=C\C1CCNCC1)C(=O)N1CCC[C@@H](n2nc(-c3ccc(Oc4cccc(F)c4F)cc3F)c3c(N)ncnc32)C1. The van der Waals surface area contributed by atoms with Crippen LogP contribution in [0.1, 0.15) is 31.7 Å². The molecule has 2 aromatic carbocycles. The Balaban J connectivity index is 1.30. The van der Waals surface area contributed by atoms with E-state index in [4.69, 9.17) is 15.6 Å². The van der Waals surface area contributed by atoms with Crippen LogP contribution in [0.25, 0.3) is 22.3 Å². The number of allylic oxidation sites excluding steroid dienone is 1. The zero-order valence-electron chi connectivity index (χ0n) is 23.6. The number of benzene rings is 2. The molecule has 2 fully saturated rings. The van der Waals surface area contributed by atoms with Crippen LogP contribution < -0.4 is 15.8 Å². The highest BCUT2D eigenvalue weighted by atomic mass is 19.2. The fourth-order valence-electron chi connectivity index (χ4n) is 5.79. The zero-order valence-corrected chi connectivity index (χ0v) is 23.6. The highest BCUT2D eigenvalue weighted by Crippen LogP contribution is 2.37. The van der Waals surface area contributed by atoms with Gasteiger partial charge in [-0.3, -0.25) is 4.79 Å². The largest absolute Gasteiger partial charge is 0.454 e. The Morgan fingerprint density at radius 3 is 2.70 bits per heavy atom. The van der Waals surface area contributed by atoms with Crippen LogP contribution in [-0.2, 0) is 4.79 Å². The Kier molecular flexibility index (Phi) is 8.17. The normalized spacial score (nSPS) is 17.9. The number of rotatable bonds is 6. The number of anilines is 1. The second-order valence-electron chi connectivity index (χ2n) is 10.9. The molecule has 0 spiro atoms. The number of likely N-dealkylation sites (tertiary alicyclic amines) is 1. The smallest absolute Gasteiger partial charge is 0.264 e. The summed E-state index contributed by atoms with van der Waals surface area (Å²) in [6.45, 7) is 2.47. The molecule has 0 unspecified atom stereocenters. The maximum atomic E-state index is 15.5. The molecule has 2 saturated heterocycles. The van der Waals surface area contributed by atoms with Crippen molar-refractivity contribution in [1.29, 1.82) is 5.26 Å². The fourth-order valence-corrected chi connectivity index (χ4v) is 5.79. The summed E-state index contributed by atoms with van der Waals surface area (Å²) in [6.07, 6.45) is 6.16. The second-order valence-corrected chi connectivity index (χ2v) is 10.9. The molecule has 10 nitrogen and oxygen atoms in total. The lowest BCUT2D eigenvalue weighted by atomic mass is 9.95. The molecule has 0 saturated carbocycles. The van der Waals surface area contributed by atoms with Gasteiger partial charge in [0.05, 0.1) is 11.4 Å². The van der Waals surface area contributed by atoms with Gasteiger partial charge in [0.1, 0.15) is 41.0 Å². The van der Waals surface area contributed by atoms with Crippen molar-refractivity contribution in [2.75, 3.05) is 31.9 Å². The van der Waals surface area contributed by atoms with E-state index in [1.807, 2.05) is 0 Å². The molecular weight excluding hydrogens is 573 g/mol. The third kappa shape index (κ3) is 5.68. The Morgan fingerprint density at radius 2 is 1.93 bits per heavy atom. The summed E-state index contributed by atoms with van der Waals surface area (Å²) in [4.78, 5) is 23.5. The van der Waals surface area contributed by atoms with Gasteiger partial charge >= 0.3 is 0 Å². The van der Waals surface area contributed by atoms with E-state index in [9.17, 15) is 18.8 Å². The number of ether oxygens (including phenoxy) is 1. The standard InChI is InChI=1S/C31H29F3N8O2/c32-23-4-1-5-25(27(23)34)44-21-6-7-22(24(33)14-21)28-26-29(36)38-17-39-30(26)42(40-28)20-3-2-12-41(16-20)31(43)19(15-35)13-18-8-10-37-11-9-18/h1,4-7,13-14,17-18,20,37H,2-3,8-12,16H2,(H2,36,38,39)/b19-13+/t20-/m1/s1. The van der Waals surface area contributed by atoms with Crippen LogP contribution in [0.2, 0.25) is 0 Å². The van der Waals surface area contributed by atoms with Crippen LogP contribution in [0, 0.1) is 34.7 Å². The van der Waals surface area contributed by atoms with E-state index in [1.165, 1.54) is 30.6 Å². The number of fused-ring (bicyclic) bond motifs is 1. The molecule has 0 radical (unpaired) electrons. The molecule has 6 rings (SSSR count). The number of halogens is 3. The maximum absolute atomic E-state index is 15.5. The van der Waals surface area contributed by atoms with Gasteiger partial charge in [0.2, 0.25) is 5.82 Å². The molecule has 13 heteroatoms. The molecule has 1 amide bonds. The molecule has 4 heterocycles. The lowest BCUT2D eigenvalue weighted by Gasteiger charge is -2.33.